The van der Waals surface area contributed by atoms with Crippen LogP contribution in [0.2, 0.25) is 0 Å². The zero-order valence-corrected chi connectivity index (χ0v) is 11.6. The van der Waals surface area contributed by atoms with E-state index in [9.17, 15) is 8.42 Å². The van der Waals surface area contributed by atoms with Crippen molar-refractivity contribution in [3.8, 4) is 5.75 Å². The van der Waals surface area contributed by atoms with Crippen LogP contribution < -0.4 is 15.2 Å². The Morgan fingerprint density at radius 3 is 2.89 bits per heavy atom. The molecule has 0 bridgehead atoms. The van der Waals surface area contributed by atoms with Gasteiger partial charge in [-0.05, 0) is 30.5 Å². The topological polar surface area (TPSA) is 90.7 Å². The molecule has 3 N–H and O–H groups in total. The highest BCUT2D eigenvalue weighted by Gasteiger charge is 2.20. The summed E-state index contributed by atoms with van der Waals surface area (Å²) in [5.74, 6) is 0.702. The molecule has 7 heteroatoms. The van der Waals surface area contributed by atoms with Crippen LogP contribution in [-0.2, 0) is 14.8 Å². The normalized spacial score (nSPS) is 19.5. The first-order valence-electron chi connectivity index (χ1n) is 6.04. The van der Waals surface area contributed by atoms with Crippen LogP contribution in [0, 0.1) is 5.92 Å². The Morgan fingerprint density at radius 1 is 1.53 bits per heavy atom. The molecule has 19 heavy (non-hydrogen) atoms. The second-order valence-electron chi connectivity index (χ2n) is 4.49. The Morgan fingerprint density at radius 2 is 2.32 bits per heavy atom. The lowest BCUT2D eigenvalue weighted by molar-refractivity contribution is 0.186. The molecule has 0 radical (unpaired) electrons. The second kappa shape index (κ2) is 5.77. The van der Waals surface area contributed by atoms with Gasteiger partial charge >= 0.3 is 0 Å². The molecule has 1 aromatic carbocycles. The number of nitrogen functional groups attached to an aromatic ring is 1. The van der Waals surface area contributed by atoms with Crippen molar-refractivity contribution in [1.29, 1.82) is 0 Å². The maximum Gasteiger partial charge on any atom is 0.240 e. The molecule has 1 aliphatic heterocycles. The second-order valence-corrected chi connectivity index (χ2v) is 6.25. The molecule has 0 aliphatic carbocycles. The summed E-state index contributed by atoms with van der Waals surface area (Å²) in [5, 5.41) is 0. The maximum atomic E-state index is 12.1. The van der Waals surface area contributed by atoms with Crippen LogP contribution >= 0.6 is 0 Å². The minimum absolute atomic E-state index is 0.143. The van der Waals surface area contributed by atoms with Crippen LogP contribution in [0.1, 0.15) is 6.42 Å². The third-order valence-corrected chi connectivity index (χ3v) is 4.52. The fourth-order valence-electron chi connectivity index (χ4n) is 1.93. The van der Waals surface area contributed by atoms with E-state index in [1.807, 2.05) is 0 Å². The molecule has 1 fully saturated rings. The zero-order chi connectivity index (χ0) is 13.9. The van der Waals surface area contributed by atoms with E-state index in [1.165, 1.54) is 19.2 Å². The highest BCUT2D eigenvalue weighted by molar-refractivity contribution is 7.89. The minimum atomic E-state index is -3.54. The van der Waals surface area contributed by atoms with Gasteiger partial charge in [-0.3, -0.25) is 0 Å². The van der Waals surface area contributed by atoms with Gasteiger partial charge in [0.2, 0.25) is 10.0 Å². The number of nitrogens with two attached hydrogens (primary N) is 1. The molecule has 0 saturated carbocycles. The number of nitrogens with one attached hydrogen (secondary N) is 1. The molecule has 6 nitrogen and oxygen atoms in total. The van der Waals surface area contributed by atoms with E-state index < -0.39 is 10.0 Å². The summed E-state index contributed by atoms with van der Waals surface area (Å²) in [4.78, 5) is 0.143. The van der Waals surface area contributed by atoms with Crippen molar-refractivity contribution in [1.82, 2.24) is 4.72 Å². The number of methoxy groups -OCH3 is 1. The van der Waals surface area contributed by atoms with Gasteiger partial charge in [-0.25, -0.2) is 13.1 Å². The van der Waals surface area contributed by atoms with Crippen LogP contribution in [0.5, 0.6) is 5.75 Å². The molecule has 1 aliphatic rings. The molecule has 0 aromatic heterocycles. The molecule has 1 atom stereocenters. The summed E-state index contributed by atoms with van der Waals surface area (Å²) < 4.78 is 37.0. The van der Waals surface area contributed by atoms with Crippen LogP contribution in [0.4, 0.5) is 5.69 Å². The molecule has 1 unspecified atom stereocenters. The predicted octanol–water partition coefficient (Wildman–Crippen LogP) is 0.592. The van der Waals surface area contributed by atoms with E-state index in [4.69, 9.17) is 15.2 Å². The van der Waals surface area contributed by atoms with Crippen molar-refractivity contribution in [3.63, 3.8) is 0 Å². The monoisotopic (exact) mass is 286 g/mol. The Bertz CT molecular complexity index is 539. The number of ether oxygens (including phenoxy) is 2. The maximum absolute atomic E-state index is 12.1. The first kappa shape index (κ1) is 14.1. The molecular formula is C12H18N2O4S. The quantitative estimate of drug-likeness (QED) is 0.773. The van der Waals surface area contributed by atoms with Crippen molar-refractivity contribution in [2.75, 3.05) is 32.6 Å². The average Bonchev–Trinajstić information content (AvgIpc) is 2.89. The third-order valence-electron chi connectivity index (χ3n) is 3.10. The van der Waals surface area contributed by atoms with E-state index in [1.54, 1.807) is 6.07 Å². The molecule has 1 aromatic rings. The van der Waals surface area contributed by atoms with Gasteiger partial charge in [0.25, 0.3) is 0 Å². The van der Waals surface area contributed by atoms with Crippen LogP contribution in [0.25, 0.3) is 0 Å². The smallest absolute Gasteiger partial charge is 0.240 e. The lowest BCUT2D eigenvalue weighted by Crippen LogP contribution is -2.29. The Hall–Kier alpha value is -1.31. The number of rotatable bonds is 5. The molecule has 106 valence electrons. The van der Waals surface area contributed by atoms with E-state index in [0.29, 0.717) is 31.2 Å². The summed E-state index contributed by atoms with van der Waals surface area (Å²) in [5.41, 5.74) is 6.01. The molecule has 1 saturated heterocycles. The van der Waals surface area contributed by atoms with Crippen molar-refractivity contribution >= 4 is 15.7 Å². The van der Waals surface area contributed by atoms with Gasteiger partial charge in [0.15, 0.2) is 0 Å². The summed E-state index contributed by atoms with van der Waals surface area (Å²) in [7, 11) is -2.05. The lowest BCUT2D eigenvalue weighted by Gasteiger charge is -2.11. The van der Waals surface area contributed by atoms with Crippen LogP contribution in [-0.4, -0.2) is 35.3 Å². The van der Waals surface area contributed by atoms with Gasteiger partial charge in [-0.15, -0.1) is 0 Å². The summed E-state index contributed by atoms with van der Waals surface area (Å²) >= 11 is 0. The summed E-state index contributed by atoms with van der Waals surface area (Å²) in [6, 6.07) is 4.41. The summed E-state index contributed by atoms with van der Waals surface area (Å²) in [6.45, 7) is 1.68. The third kappa shape index (κ3) is 3.37. The van der Waals surface area contributed by atoms with Gasteiger partial charge < -0.3 is 15.2 Å². The Balaban J connectivity index is 2.08. The molecule has 1 heterocycles. The van der Waals surface area contributed by atoms with E-state index in [2.05, 4.69) is 4.72 Å². The van der Waals surface area contributed by atoms with E-state index in [0.717, 1.165) is 6.42 Å². The number of hydrogen-bond donors (Lipinski definition) is 2. The predicted molar refractivity (Wildman–Crippen MR) is 71.5 cm³/mol. The Kier molecular flexibility index (Phi) is 4.28. The highest BCUT2D eigenvalue weighted by atomic mass is 32.2. The largest absolute Gasteiger partial charge is 0.495 e. The zero-order valence-electron chi connectivity index (χ0n) is 10.8. The number of anilines is 1. The van der Waals surface area contributed by atoms with Gasteiger partial charge in [-0.1, -0.05) is 0 Å². The lowest BCUT2D eigenvalue weighted by atomic mass is 10.1. The molecule has 0 spiro atoms. The van der Waals surface area contributed by atoms with E-state index >= 15 is 0 Å². The molecule has 2 rings (SSSR count). The Labute approximate surface area is 112 Å². The van der Waals surface area contributed by atoms with Gasteiger partial charge in [-0.2, -0.15) is 0 Å². The molecule has 0 amide bonds. The van der Waals surface area contributed by atoms with Gasteiger partial charge in [0, 0.05) is 13.2 Å². The number of benzene rings is 1. The minimum Gasteiger partial charge on any atom is -0.495 e. The molecular weight excluding hydrogens is 268 g/mol. The van der Waals surface area contributed by atoms with Gasteiger partial charge in [0.05, 0.1) is 24.3 Å². The number of hydrogen-bond acceptors (Lipinski definition) is 5. The van der Waals surface area contributed by atoms with Gasteiger partial charge in [0.1, 0.15) is 5.75 Å². The van der Waals surface area contributed by atoms with Crippen molar-refractivity contribution in [2.24, 2.45) is 5.92 Å². The SMILES string of the molecule is COc1ccc(S(=O)(=O)NCC2CCOC2)cc1N. The van der Waals surface area contributed by atoms with Crippen molar-refractivity contribution in [3.05, 3.63) is 18.2 Å². The first-order chi connectivity index (χ1) is 9.03. The van der Waals surface area contributed by atoms with Crippen molar-refractivity contribution < 1.29 is 17.9 Å². The van der Waals surface area contributed by atoms with Crippen LogP contribution in [0.15, 0.2) is 23.1 Å². The average molecular weight is 286 g/mol. The van der Waals surface area contributed by atoms with Crippen LogP contribution in [0.3, 0.4) is 0 Å². The summed E-state index contributed by atoms with van der Waals surface area (Å²) in [6.07, 6.45) is 0.882. The van der Waals surface area contributed by atoms with E-state index in [-0.39, 0.29) is 10.8 Å². The highest BCUT2D eigenvalue weighted by Crippen LogP contribution is 2.24. The fraction of sp³-hybridized carbons (Fsp3) is 0.500. The standard InChI is InChI=1S/C12H18N2O4S/c1-17-12-3-2-10(6-11(12)13)19(15,16)14-7-9-4-5-18-8-9/h2-3,6,9,14H,4-5,7-8,13H2,1H3. The number of sulfonamides is 1. The van der Waals surface area contributed by atoms with Crippen molar-refractivity contribution in [2.45, 2.75) is 11.3 Å². The first-order valence-corrected chi connectivity index (χ1v) is 7.52. The fourth-order valence-corrected chi connectivity index (χ4v) is 3.09.